The van der Waals surface area contributed by atoms with Crippen LogP contribution in [0.3, 0.4) is 0 Å². The zero-order valence-corrected chi connectivity index (χ0v) is 10.6. The third-order valence-electron chi connectivity index (χ3n) is 3.63. The Kier molecular flexibility index (Phi) is 2.40. The summed E-state index contributed by atoms with van der Waals surface area (Å²) >= 11 is 0. The molecule has 1 aromatic carbocycles. The molecule has 4 nitrogen and oxygen atoms in total. The first kappa shape index (κ1) is 11.3. The lowest BCUT2D eigenvalue weighted by Gasteiger charge is -2.06. The fourth-order valence-corrected chi connectivity index (χ4v) is 2.35. The Bertz CT molecular complexity index is 639. The monoisotopic (exact) mass is 244 g/mol. The summed E-state index contributed by atoms with van der Waals surface area (Å²) in [6.07, 6.45) is 2.25. The van der Waals surface area contributed by atoms with Crippen molar-refractivity contribution in [1.82, 2.24) is 9.55 Å². The topological polar surface area (TPSA) is 55.1 Å². The average molecular weight is 244 g/mol. The number of carbonyl (C=O) groups is 1. The Hall–Kier alpha value is -1.84. The number of aryl methyl sites for hydroxylation is 2. The van der Waals surface area contributed by atoms with Crippen molar-refractivity contribution in [3.05, 3.63) is 29.1 Å². The number of aromatic nitrogens is 2. The van der Waals surface area contributed by atoms with Crippen molar-refractivity contribution < 1.29 is 9.90 Å². The molecule has 0 atom stereocenters. The molecule has 18 heavy (non-hydrogen) atoms. The number of rotatable bonds is 3. The second kappa shape index (κ2) is 3.83. The summed E-state index contributed by atoms with van der Waals surface area (Å²) in [7, 11) is 0. The normalized spacial score (nSPS) is 15.2. The molecule has 0 radical (unpaired) electrons. The molecule has 0 amide bonds. The molecule has 1 heterocycles. The molecule has 1 fully saturated rings. The quantitative estimate of drug-likeness (QED) is 0.903. The van der Waals surface area contributed by atoms with Crippen LogP contribution in [0.4, 0.5) is 0 Å². The van der Waals surface area contributed by atoms with E-state index in [2.05, 4.69) is 18.0 Å². The summed E-state index contributed by atoms with van der Waals surface area (Å²) in [5.41, 5.74) is 4.24. The second-order valence-electron chi connectivity index (χ2n) is 5.15. The van der Waals surface area contributed by atoms with Crippen LogP contribution in [0, 0.1) is 13.8 Å². The lowest BCUT2D eigenvalue weighted by atomic mass is 10.1. The highest BCUT2D eigenvalue weighted by Gasteiger charge is 2.30. The van der Waals surface area contributed by atoms with E-state index in [0.717, 1.165) is 29.7 Å². The lowest BCUT2D eigenvalue weighted by Crippen LogP contribution is -2.11. The molecule has 1 saturated carbocycles. The molecule has 0 saturated heterocycles. The molecule has 1 N–H and O–H groups in total. The van der Waals surface area contributed by atoms with Gasteiger partial charge < -0.3 is 9.67 Å². The highest BCUT2D eigenvalue weighted by molar-refractivity contribution is 5.80. The Morgan fingerprint density at radius 2 is 2.06 bits per heavy atom. The molecule has 4 heteroatoms. The van der Waals surface area contributed by atoms with Crippen LogP contribution in [0.15, 0.2) is 12.1 Å². The van der Waals surface area contributed by atoms with Gasteiger partial charge in [-0.2, -0.15) is 0 Å². The Balaban J connectivity index is 2.23. The van der Waals surface area contributed by atoms with E-state index in [1.54, 1.807) is 0 Å². The van der Waals surface area contributed by atoms with Gasteiger partial charge in [-0.25, -0.2) is 4.98 Å². The molecule has 1 aliphatic carbocycles. The minimum atomic E-state index is -0.811. The highest BCUT2D eigenvalue weighted by Crippen LogP contribution is 2.40. The minimum absolute atomic E-state index is 0.00480. The molecule has 0 bridgehead atoms. The van der Waals surface area contributed by atoms with Crippen LogP contribution in [0.1, 0.15) is 35.7 Å². The maximum atomic E-state index is 11.0. The predicted octanol–water partition coefficient (Wildman–Crippen LogP) is 2.62. The second-order valence-corrected chi connectivity index (χ2v) is 5.15. The smallest absolute Gasteiger partial charge is 0.323 e. The van der Waals surface area contributed by atoms with E-state index >= 15 is 0 Å². The van der Waals surface area contributed by atoms with Gasteiger partial charge in [-0.15, -0.1) is 0 Å². The SMILES string of the molecule is Cc1cc2nc(C3CC3)n(CC(=O)O)c2cc1C. The number of aliphatic carboxylic acids is 1. The molecule has 94 valence electrons. The summed E-state index contributed by atoms with van der Waals surface area (Å²) in [6, 6.07) is 4.10. The fraction of sp³-hybridized carbons (Fsp3) is 0.429. The average Bonchev–Trinajstić information content (AvgIpc) is 3.07. The molecule has 0 spiro atoms. The number of benzene rings is 1. The third kappa shape index (κ3) is 1.78. The van der Waals surface area contributed by atoms with Crippen LogP contribution in [0.5, 0.6) is 0 Å². The maximum absolute atomic E-state index is 11.0. The first-order chi connectivity index (χ1) is 8.56. The summed E-state index contributed by atoms with van der Waals surface area (Å²) in [4.78, 5) is 15.6. The Labute approximate surface area is 105 Å². The fourth-order valence-electron chi connectivity index (χ4n) is 2.35. The first-order valence-corrected chi connectivity index (χ1v) is 6.25. The van der Waals surface area contributed by atoms with Crippen LogP contribution in [-0.4, -0.2) is 20.6 Å². The van der Waals surface area contributed by atoms with Crippen molar-refractivity contribution >= 4 is 17.0 Å². The van der Waals surface area contributed by atoms with Gasteiger partial charge in [0.15, 0.2) is 0 Å². The van der Waals surface area contributed by atoms with E-state index in [0.29, 0.717) is 5.92 Å². The van der Waals surface area contributed by atoms with Crippen molar-refractivity contribution in [2.45, 2.75) is 39.2 Å². The standard InChI is InChI=1S/C14H16N2O2/c1-8-5-11-12(6-9(8)2)16(7-13(17)18)14(15-11)10-3-4-10/h5-6,10H,3-4,7H2,1-2H3,(H,17,18). The summed E-state index contributed by atoms with van der Waals surface area (Å²) in [6.45, 7) is 4.11. The molecule has 1 aliphatic rings. The lowest BCUT2D eigenvalue weighted by molar-refractivity contribution is -0.137. The highest BCUT2D eigenvalue weighted by atomic mass is 16.4. The van der Waals surface area contributed by atoms with Gasteiger partial charge in [-0.3, -0.25) is 4.79 Å². The van der Waals surface area contributed by atoms with E-state index < -0.39 is 5.97 Å². The first-order valence-electron chi connectivity index (χ1n) is 6.25. The number of carboxylic acids is 1. The van der Waals surface area contributed by atoms with Gasteiger partial charge in [0, 0.05) is 5.92 Å². The number of hydrogen-bond donors (Lipinski definition) is 1. The van der Waals surface area contributed by atoms with Crippen LogP contribution in [0.2, 0.25) is 0 Å². The molecule has 2 aromatic rings. The number of fused-ring (bicyclic) bond motifs is 1. The van der Waals surface area contributed by atoms with Crippen molar-refractivity contribution in [1.29, 1.82) is 0 Å². The van der Waals surface area contributed by atoms with E-state index in [9.17, 15) is 4.79 Å². The number of imidazole rings is 1. The molecular weight excluding hydrogens is 228 g/mol. The number of carboxylic acid groups (broad SMARTS) is 1. The Morgan fingerprint density at radius 3 is 2.67 bits per heavy atom. The van der Waals surface area contributed by atoms with Gasteiger partial charge in [0.1, 0.15) is 12.4 Å². The van der Waals surface area contributed by atoms with E-state index in [1.165, 1.54) is 11.1 Å². The largest absolute Gasteiger partial charge is 0.480 e. The van der Waals surface area contributed by atoms with Gasteiger partial charge in [-0.05, 0) is 49.9 Å². The summed E-state index contributed by atoms with van der Waals surface area (Å²) in [5.74, 6) is 0.587. The summed E-state index contributed by atoms with van der Waals surface area (Å²) in [5, 5.41) is 9.05. The molecule has 1 aromatic heterocycles. The van der Waals surface area contributed by atoms with Crippen LogP contribution < -0.4 is 0 Å². The third-order valence-corrected chi connectivity index (χ3v) is 3.63. The van der Waals surface area contributed by atoms with Gasteiger partial charge in [-0.1, -0.05) is 0 Å². The zero-order valence-electron chi connectivity index (χ0n) is 10.6. The Morgan fingerprint density at radius 1 is 1.39 bits per heavy atom. The minimum Gasteiger partial charge on any atom is -0.480 e. The predicted molar refractivity (Wildman–Crippen MR) is 68.8 cm³/mol. The molecule has 0 aliphatic heterocycles. The number of nitrogens with zero attached hydrogens (tertiary/aromatic N) is 2. The van der Waals surface area contributed by atoms with Crippen molar-refractivity contribution in [3.8, 4) is 0 Å². The number of hydrogen-bond acceptors (Lipinski definition) is 2. The van der Waals surface area contributed by atoms with Crippen molar-refractivity contribution in [3.63, 3.8) is 0 Å². The van der Waals surface area contributed by atoms with Crippen molar-refractivity contribution in [2.24, 2.45) is 0 Å². The van der Waals surface area contributed by atoms with Gasteiger partial charge in [0.2, 0.25) is 0 Å². The van der Waals surface area contributed by atoms with Gasteiger partial charge in [0.05, 0.1) is 11.0 Å². The van der Waals surface area contributed by atoms with Crippen molar-refractivity contribution in [2.75, 3.05) is 0 Å². The van der Waals surface area contributed by atoms with Crippen LogP contribution in [0.25, 0.3) is 11.0 Å². The maximum Gasteiger partial charge on any atom is 0.323 e. The van der Waals surface area contributed by atoms with Gasteiger partial charge >= 0.3 is 5.97 Å². The molecule has 3 rings (SSSR count). The molecule has 0 unspecified atom stereocenters. The zero-order chi connectivity index (χ0) is 12.9. The summed E-state index contributed by atoms with van der Waals surface area (Å²) < 4.78 is 1.86. The van der Waals surface area contributed by atoms with E-state index in [-0.39, 0.29) is 6.54 Å². The van der Waals surface area contributed by atoms with E-state index in [4.69, 9.17) is 5.11 Å². The molecular formula is C14H16N2O2. The van der Waals surface area contributed by atoms with Crippen LogP contribution in [-0.2, 0) is 11.3 Å². The van der Waals surface area contributed by atoms with Gasteiger partial charge in [0.25, 0.3) is 0 Å². The van der Waals surface area contributed by atoms with E-state index in [1.807, 2.05) is 17.6 Å². The van der Waals surface area contributed by atoms with Crippen LogP contribution >= 0.6 is 0 Å².